The SMILES string of the molecule is CCNC(=NCS(=O)(=O)O)NN=O. The van der Waals surface area contributed by atoms with Crippen LogP contribution in [-0.4, -0.2) is 31.4 Å². The van der Waals surface area contributed by atoms with Gasteiger partial charge in [0.05, 0.1) is 5.29 Å². The van der Waals surface area contributed by atoms with Gasteiger partial charge in [0.25, 0.3) is 10.1 Å². The molecule has 0 aromatic carbocycles. The molecule has 0 saturated heterocycles. The highest BCUT2D eigenvalue weighted by Gasteiger charge is 2.03. The third kappa shape index (κ3) is 7.15. The lowest BCUT2D eigenvalue weighted by Gasteiger charge is -2.03. The molecule has 0 aliphatic rings. The summed E-state index contributed by atoms with van der Waals surface area (Å²) >= 11 is 0. The smallest absolute Gasteiger partial charge is 0.285 e. The monoisotopic (exact) mass is 210 g/mol. The molecule has 0 radical (unpaired) electrons. The van der Waals surface area contributed by atoms with Crippen LogP contribution in [-0.2, 0) is 10.1 Å². The molecule has 76 valence electrons. The van der Waals surface area contributed by atoms with Gasteiger partial charge < -0.3 is 5.32 Å². The molecule has 0 spiro atoms. The van der Waals surface area contributed by atoms with Crippen LogP contribution in [0, 0.1) is 4.91 Å². The average molecular weight is 210 g/mol. The van der Waals surface area contributed by atoms with E-state index in [1.165, 1.54) is 0 Å². The van der Waals surface area contributed by atoms with Crippen LogP contribution < -0.4 is 10.7 Å². The predicted molar refractivity (Wildman–Crippen MR) is 46.5 cm³/mol. The Labute approximate surface area is 75.1 Å². The Morgan fingerprint density at radius 2 is 2.15 bits per heavy atom. The molecule has 3 N–H and O–H groups in total. The molecule has 0 bridgehead atoms. The molecule has 0 aromatic heterocycles. The molecule has 0 aliphatic heterocycles. The number of rotatable bonds is 4. The summed E-state index contributed by atoms with van der Waals surface area (Å²) in [7, 11) is -4.17. The maximum absolute atomic E-state index is 10.2. The van der Waals surface area contributed by atoms with Crippen LogP contribution in [0.5, 0.6) is 0 Å². The van der Waals surface area contributed by atoms with Gasteiger partial charge in [-0.2, -0.15) is 8.42 Å². The molecule has 8 nitrogen and oxygen atoms in total. The van der Waals surface area contributed by atoms with Crippen molar-refractivity contribution in [2.75, 3.05) is 12.4 Å². The summed E-state index contributed by atoms with van der Waals surface area (Å²) in [6.07, 6.45) is 0. The van der Waals surface area contributed by atoms with Gasteiger partial charge in [0.15, 0.2) is 5.88 Å². The molecule has 0 atom stereocenters. The highest BCUT2D eigenvalue weighted by molar-refractivity contribution is 7.85. The quantitative estimate of drug-likeness (QED) is 0.181. The molecule has 0 aromatic rings. The summed E-state index contributed by atoms with van der Waals surface area (Å²) in [5, 5.41) is 4.81. The molecule has 0 rings (SSSR count). The van der Waals surface area contributed by atoms with Crippen molar-refractivity contribution in [1.82, 2.24) is 10.7 Å². The molecule has 0 unspecified atom stereocenters. The minimum atomic E-state index is -4.17. The Hall–Kier alpha value is -1.22. The van der Waals surface area contributed by atoms with Gasteiger partial charge in [-0.25, -0.2) is 10.4 Å². The van der Waals surface area contributed by atoms with Gasteiger partial charge >= 0.3 is 0 Å². The summed E-state index contributed by atoms with van der Waals surface area (Å²) < 4.78 is 28.8. The Kier molecular flexibility index (Phi) is 4.92. The van der Waals surface area contributed by atoms with Crippen LogP contribution in [0.3, 0.4) is 0 Å². The van der Waals surface area contributed by atoms with E-state index in [0.717, 1.165) is 0 Å². The first-order chi connectivity index (χ1) is 5.99. The van der Waals surface area contributed by atoms with Gasteiger partial charge in [0.2, 0.25) is 5.96 Å². The van der Waals surface area contributed by atoms with Crippen LogP contribution in [0.15, 0.2) is 10.3 Å². The Morgan fingerprint density at radius 1 is 1.54 bits per heavy atom. The zero-order valence-electron chi connectivity index (χ0n) is 6.89. The van der Waals surface area contributed by atoms with Crippen molar-refractivity contribution in [3.05, 3.63) is 4.91 Å². The second-order valence-electron chi connectivity index (χ2n) is 1.95. The summed E-state index contributed by atoms with van der Waals surface area (Å²) in [5.74, 6) is -0.923. The normalized spacial score (nSPS) is 12.3. The molecular formula is C4H10N4O4S. The lowest BCUT2D eigenvalue weighted by Crippen LogP contribution is -2.34. The van der Waals surface area contributed by atoms with Gasteiger partial charge in [-0.05, 0) is 6.92 Å². The third-order valence-electron chi connectivity index (χ3n) is 0.882. The second kappa shape index (κ2) is 5.43. The van der Waals surface area contributed by atoms with E-state index in [9.17, 15) is 13.3 Å². The molecule has 9 heteroatoms. The highest BCUT2D eigenvalue weighted by atomic mass is 32.2. The third-order valence-corrected chi connectivity index (χ3v) is 1.34. The van der Waals surface area contributed by atoms with Crippen molar-refractivity contribution < 1.29 is 13.0 Å². The van der Waals surface area contributed by atoms with Crippen molar-refractivity contribution in [2.45, 2.75) is 6.92 Å². The van der Waals surface area contributed by atoms with Gasteiger partial charge in [0.1, 0.15) is 0 Å². The van der Waals surface area contributed by atoms with E-state index in [1.807, 2.05) is 5.43 Å². The molecule has 0 fully saturated rings. The largest absolute Gasteiger partial charge is 0.355 e. The van der Waals surface area contributed by atoms with Crippen LogP contribution in [0.1, 0.15) is 6.92 Å². The lowest BCUT2D eigenvalue weighted by atomic mass is 10.7. The number of nitrogens with one attached hydrogen (secondary N) is 2. The van der Waals surface area contributed by atoms with Gasteiger partial charge in [-0.3, -0.25) is 4.55 Å². The summed E-state index contributed by atoms with van der Waals surface area (Å²) in [4.78, 5) is 13.1. The molecule has 0 saturated carbocycles. The molecule has 0 aliphatic carbocycles. The molecule has 13 heavy (non-hydrogen) atoms. The van der Waals surface area contributed by atoms with E-state index in [4.69, 9.17) is 4.55 Å². The first-order valence-electron chi connectivity index (χ1n) is 3.31. The fraction of sp³-hybridized carbons (Fsp3) is 0.750. The van der Waals surface area contributed by atoms with E-state index >= 15 is 0 Å². The topological polar surface area (TPSA) is 120 Å². The van der Waals surface area contributed by atoms with Crippen molar-refractivity contribution >= 4 is 16.1 Å². The summed E-state index contributed by atoms with van der Waals surface area (Å²) in [6.45, 7) is 2.16. The first kappa shape index (κ1) is 11.8. The van der Waals surface area contributed by atoms with E-state index < -0.39 is 16.0 Å². The van der Waals surface area contributed by atoms with Crippen LogP contribution in [0.25, 0.3) is 0 Å². The minimum Gasteiger partial charge on any atom is -0.355 e. The van der Waals surface area contributed by atoms with Crippen LogP contribution >= 0.6 is 0 Å². The van der Waals surface area contributed by atoms with E-state index in [-0.39, 0.29) is 5.96 Å². The van der Waals surface area contributed by atoms with Crippen molar-refractivity contribution in [3.63, 3.8) is 0 Å². The maximum Gasteiger partial charge on any atom is 0.285 e. The van der Waals surface area contributed by atoms with Crippen molar-refractivity contribution in [2.24, 2.45) is 10.3 Å². The molecular weight excluding hydrogens is 200 g/mol. The van der Waals surface area contributed by atoms with E-state index in [1.54, 1.807) is 6.92 Å². The van der Waals surface area contributed by atoms with E-state index in [2.05, 4.69) is 15.6 Å². The fourth-order valence-electron chi connectivity index (χ4n) is 0.488. The van der Waals surface area contributed by atoms with Crippen LogP contribution in [0.4, 0.5) is 0 Å². The number of hydrogen-bond acceptors (Lipinski definition) is 5. The summed E-state index contributed by atoms with van der Waals surface area (Å²) in [6, 6.07) is 0. The first-order valence-corrected chi connectivity index (χ1v) is 4.92. The van der Waals surface area contributed by atoms with Gasteiger partial charge in [0, 0.05) is 6.54 Å². The number of guanidine groups is 1. The molecule has 0 amide bonds. The summed E-state index contributed by atoms with van der Waals surface area (Å²) in [5.41, 5.74) is 1.89. The molecule has 0 heterocycles. The van der Waals surface area contributed by atoms with Gasteiger partial charge in [-0.1, -0.05) is 0 Å². The Balaban J connectivity index is 4.26. The van der Waals surface area contributed by atoms with Gasteiger partial charge in [-0.15, -0.1) is 4.91 Å². The van der Waals surface area contributed by atoms with Crippen molar-refractivity contribution in [1.29, 1.82) is 0 Å². The lowest BCUT2D eigenvalue weighted by molar-refractivity contribution is 0.483. The minimum absolute atomic E-state index is 0.102. The van der Waals surface area contributed by atoms with Crippen molar-refractivity contribution in [3.8, 4) is 0 Å². The fourth-order valence-corrected chi connectivity index (χ4v) is 0.780. The zero-order chi connectivity index (χ0) is 10.3. The average Bonchev–Trinajstić information content (AvgIpc) is 2.00. The number of hydrogen-bond donors (Lipinski definition) is 3. The highest BCUT2D eigenvalue weighted by Crippen LogP contribution is 1.82. The van der Waals surface area contributed by atoms with E-state index in [0.29, 0.717) is 6.54 Å². The predicted octanol–water partition coefficient (Wildman–Crippen LogP) is -0.932. The number of nitroso groups, excluding NO2 is 1. The number of aliphatic imine (C=N–C) groups is 1. The zero-order valence-corrected chi connectivity index (χ0v) is 7.71. The number of nitrogens with zero attached hydrogens (tertiary/aromatic N) is 2. The second-order valence-corrected chi connectivity index (χ2v) is 3.37. The van der Waals surface area contributed by atoms with Crippen LogP contribution in [0.2, 0.25) is 0 Å². The Bertz CT molecular complexity index is 285. The maximum atomic E-state index is 10.2. The Morgan fingerprint density at radius 3 is 2.54 bits per heavy atom. The standard InChI is InChI=1S/C4H10N4O4S/c1-2-5-4(7-8-9)6-3-13(10,11)12/h2-3H2,1H3,(H,10,11,12)(H2,5,6,7,9).